The van der Waals surface area contributed by atoms with Crippen LogP contribution in [-0.4, -0.2) is 40.2 Å². The van der Waals surface area contributed by atoms with E-state index >= 15 is 0 Å². The second-order valence-corrected chi connectivity index (χ2v) is 23.2. The van der Waals surface area contributed by atoms with Gasteiger partial charge in [-0.05, 0) is 38.5 Å². The van der Waals surface area contributed by atoms with Crippen molar-refractivity contribution in [2.75, 3.05) is 6.61 Å². The number of rotatable bonds is 61. The van der Waals surface area contributed by atoms with Crippen LogP contribution in [0.4, 0.5) is 0 Å². The summed E-state index contributed by atoms with van der Waals surface area (Å²) in [7, 11) is 0. The van der Waals surface area contributed by atoms with Crippen molar-refractivity contribution in [3.05, 3.63) is 0 Å². The average molecular weight is 1050 g/mol. The summed E-state index contributed by atoms with van der Waals surface area (Å²) in [6, 6.07) is 0. The number of aldehydes is 1. The lowest BCUT2D eigenvalue weighted by molar-refractivity contribution is -0.143. The van der Waals surface area contributed by atoms with E-state index in [2.05, 4.69) is 27.7 Å². The standard InChI is InChI=1S/C26H50O3.C26H52O2.C16H34O/c1-2-3-4-19-22-25(26(28)29)23-20-17-15-13-11-9-7-5-6-8-10-12-14-16-18-21-24-27;1-3-5-7-9-10-11-12-13-14-15-16-17-18-19-20-22-24-25(26(27)28)23-21-8-6-4-2;1-2-3-4-5-6-7-8-9-10-11-12-13-14-15-16-17/h24-25H,2-23H2,1H3,(H,28,29);25H,3-24H2,1-2H3,(H,27,28);17H,2-16H2,1H3. The number of carbonyl (C=O) groups is 3. The first-order valence-electron chi connectivity index (χ1n) is 33.9. The summed E-state index contributed by atoms with van der Waals surface area (Å²) in [5, 5.41) is 27.4. The molecule has 0 saturated heterocycles. The van der Waals surface area contributed by atoms with Gasteiger partial charge in [0.15, 0.2) is 0 Å². The van der Waals surface area contributed by atoms with Crippen LogP contribution in [0.1, 0.15) is 400 Å². The van der Waals surface area contributed by atoms with Gasteiger partial charge in [0.2, 0.25) is 0 Å². The number of carboxylic acids is 2. The Hall–Kier alpha value is -1.43. The molecule has 0 heterocycles. The summed E-state index contributed by atoms with van der Waals surface area (Å²) in [4.78, 5) is 32.9. The van der Waals surface area contributed by atoms with Crippen LogP contribution in [0.3, 0.4) is 0 Å². The van der Waals surface area contributed by atoms with Crippen LogP contribution >= 0.6 is 0 Å². The first kappa shape index (κ1) is 76.8. The molecule has 0 spiro atoms. The number of hydrogen-bond donors (Lipinski definition) is 3. The molecule has 444 valence electrons. The van der Waals surface area contributed by atoms with E-state index in [1.165, 1.54) is 302 Å². The maximum absolute atomic E-state index is 11.4. The molecule has 0 saturated carbocycles. The molecule has 6 nitrogen and oxygen atoms in total. The topological polar surface area (TPSA) is 112 Å². The Bertz CT molecular complexity index is 1020. The van der Waals surface area contributed by atoms with Gasteiger partial charge >= 0.3 is 11.9 Å². The molecule has 0 aromatic rings. The molecule has 0 fully saturated rings. The van der Waals surface area contributed by atoms with Gasteiger partial charge in [0.05, 0.1) is 11.8 Å². The smallest absolute Gasteiger partial charge is 0.306 e. The number of carboxylic acid groups (broad SMARTS) is 2. The fourth-order valence-electron chi connectivity index (χ4n) is 10.6. The largest absolute Gasteiger partial charge is 0.481 e. The van der Waals surface area contributed by atoms with Crippen molar-refractivity contribution in [3.63, 3.8) is 0 Å². The van der Waals surface area contributed by atoms with E-state index in [9.17, 15) is 24.6 Å². The molecule has 0 rings (SSSR count). The number of aliphatic hydroxyl groups excluding tert-OH is 1. The van der Waals surface area contributed by atoms with Gasteiger partial charge < -0.3 is 20.1 Å². The molecular formula is C68H136O6. The third kappa shape index (κ3) is 70.6. The fourth-order valence-corrected chi connectivity index (χ4v) is 10.6. The number of aliphatic carboxylic acids is 2. The van der Waals surface area contributed by atoms with Crippen molar-refractivity contribution in [2.45, 2.75) is 400 Å². The molecular weight excluding hydrogens is 913 g/mol. The summed E-state index contributed by atoms with van der Waals surface area (Å²) in [6.45, 7) is 9.33. The second-order valence-electron chi connectivity index (χ2n) is 23.2. The number of hydrogen-bond acceptors (Lipinski definition) is 4. The van der Waals surface area contributed by atoms with E-state index < -0.39 is 11.9 Å². The minimum atomic E-state index is -0.584. The molecule has 0 aromatic carbocycles. The van der Waals surface area contributed by atoms with Crippen molar-refractivity contribution < 1.29 is 29.7 Å². The highest BCUT2D eigenvalue weighted by Gasteiger charge is 2.17. The molecule has 2 atom stereocenters. The normalized spacial score (nSPS) is 12.0. The van der Waals surface area contributed by atoms with Crippen LogP contribution < -0.4 is 0 Å². The van der Waals surface area contributed by atoms with Gasteiger partial charge in [-0.15, -0.1) is 0 Å². The molecule has 6 heteroatoms. The summed E-state index contributed by atoms with van der Waals surface area (Å²) in [5.41, 5.74) is 0. The Morgan fingerprint density at radius 3 is 0.608 bits per heavy atom. The molecule has 74 heavy (non-hydrogen) atoms. The van der Waals surface area contributed by atoms with Crippen molar-refractivity contribution >= 4 is 18.2 Å². The highest BCUT2D eigenvalue weighted by molar-refractivity contribution is 5.70. The van der Waals surface area contributed by atoms with Crippen LogP contribution in [0.15, 0.2) is 0 Å². The zero-order valence-electron chi connectivity index (χ0n) is 51.0. The summed E-state index contributed by atoms with van der Waals surface area (Å²) in [6.07, 6.45) is 75.2. The highest BCUT2D eigenvalue weighted by atomic mass is 16.4. The summed E-state index contributed by atoms with van der Waals surface area (Å²) < 4.78 is 0. The lowest BCUT2D eigenvalue weighted by Gasteiger charge is -2.12. The summed E-state index contributed by atoms with van der Waals surface area (Å²) >= 11 is 0. The zero-order valence-corrected chi connectivity index (χ0v) is 51.0. The van der Waals surface area contributed by atoms with Crippen molar-refractivity contribution in [3.8, 4) is 0 Å². The minimum Gasteiger partial charge on any atom is -0.481 e. The molecule has 0 aliphatic rings. The molecule has 0 aromatic heterocycles. The number of aliphatic hydroxyl groups is 1. The fraction of sp³-hybridized carbons (Fsp3) is 0.956. The van der Waals surface area contributed by atoms with E-state index in [4.69, 9.17) is 5.11 Å². The van der Waals surface area contributed by atoms with Crippen molar-refractivity contribution in [2.24, 2.45) is 11.8 Å². The Morgan fingerprint density at radius 1 is 0.270 bits per heavy atom. The third-order valence-electron chi connectivity index (χ3n) is 15.8. The minimum absolute atomic E-state index is 0.0940. The van der Waals surface area contributed by atoms with Gasteiger partial charge in [-0.3, -0.25) is 9.59 Å². The maximum Gasteiger partial charge on any atom is 0.306 e. The van der Waals surface area contributed by atoms with E-state index in [0.29, 0.717) is 6.61 Å². The molecule has 0 bridgehead atoms. The van der Waals surface area contributed by atoms with Crippen molar-refractivity contribution in [1.29, 1.82) is 0 Å². The first-order chi connectivity index (χ1) is 36.4. The van der Waals surface area contributed by atoms with E-state index in [-0.39, 0.29) is 11.8 Å². The maximum atomic E-state index is 11.4. The van der Waals surface area contributed by atoms with E-state index in [1.807, 2.05) is 0 Å². The van der Waals surface area contributed by atoms with Gasteiger partial charge in [0.1, 0.15) is 6.29 Å². The van der Waals surface area contributed by atoms with Gasteiger partial charge in [0, 0.05) is 13.0 Å². The zero-order chi connectivity index (χ0) is 54.7. The molecule has 0 radical (unpaired) electrons. The van der Waals surface area contributed by atoms with Gasteiger partial charge in [-0.25, -0.2) is 0 Å². The van der Waals surface area contributed by atoms with Gasteiger partial charge in [-0.1, -0.05) is 355 Å². The van der Waals surface area contributed by atoms with Crippen LogP contribution in [0.5, 0.6) is 0 Å². The predicted molar refractivity (Wildman–Crippen MR) is 326 cm³/mol. The molecule has 0 aliphatic carbocycles. The van der Waals surface area contributed by atoms with Crippen LogP contribution in [0.25, 0.3) is 0 Å². The van der Waals surface area contributed by atoms with E-state index in [0.717, 1.165) is 76.9 Å². The average Bonchev–Trinajstić information content (AvgIpc) is 3.39. The SMILES string of the molecule is CCCCCCC(CCCCCCCCCCCCCCCCCC=O)C(=O)O.CCCCCCCCCCCCCCCCCCC(CCCCCC)C(=O)O.CCCCCCCCCCCCCCCCO. The van der Waals surface area contributed by atoms with Crippen molar-refractivity contribution in [1.82, 2.24) is 0 Å². The number of unbranched alkanes of at least 4 members (excludes halogenated alkanes) is 49. The lowest BCUT2D eigenvalue weighted by Crippen LogP contribution is -2.13. The first-order valence-corrected chi connectivity index (χ1v) is 33.9. The lowest BCUT2D eigenvalue weighted by atomic mass is 9.94. The summed E-state index contributed by atoms with van der Waals surface area (Å²) in [5.74, 6) is -1.36. The highest BCUT2D eigenvalue weighted by Crippen LogP contribution is 2.22. The quantitative estimate of drug-likeness (QED) is 0.0413. The monoisotopic (exact) mass is 1050 g/mol. The molecule has 0 aliphatic heterocycles. The Balaban J connectivity index is -0.00000106. The Kier molecular flexibility index (Phi) is 74.3. The van der Waals surface area contributed by atoms with Crippen LogP contribution in [-0.2, 0) is 14.4 Å². The van der Waals surface area contributed by atoms with Crippen LogP contribution in [0.2, 0.25) is 0 Å². The van der Waals surface area contributed by atoms with Gasteiger partial charge in [-0.2, -0.15) is 0 Å². The number of carbonyl (C=O) groups excluding carboxylic acids is 1. The third-order valence-corrected chi connectivity index (χ3v) is 15.8. The Morgan fingerprint density at radius 2 is 0.432 bits per heavy atom. The predicted octanol–water partition coefficient (Wildman–Crippen LogP) is 23.3. The second kappa shape index (κ2) is 71.6. The molecule has 2 unspecified atom stereocenters. The Labute approximate surface area is 464 Å². The molecule has 0 amide bonds. The van der Waals surface area contributed by atoms with E-state index in [1.54, 1.807) is 0 Å². The molecule has 3 N–H and O–H groups in total. The van der Waals surface area contributed by atoms with Crippen LogP contribution in [0, 0.1) is 11.8 Å². The van der Waals surface area contributed by atoms with Gasteiger partial charge in [0.25, 0.3) is 0 Å².